The standard InChI is InChI=1S/C19H21N5O3S/c1-12(2)27-14-6-4-13(5-7-14)8-20-16(25)10-24-11-22-17-15(18(24)26)9-21-19(23-17)28-3/h4-7,9,11-12H,8,10H2,1-3H3,(H,20,25). The van der Waals surface area contributed by atoms with Gasteiger partial charge in [0.05, 0.1) is 6.10 Å². The summed E-state index contributed by atoms with van der Waals surface area (Å²) in [4.78, 5) is 37.2. The van der Waals surface area contributed by atoms with Gasteiger partial charge in [-0.3, -0.25) is 14.2 Å². The highest BCUT2D eigenvalue weighted by atomic mass is 32.2. The summed E-state index contributed by atoms with van der Waals surface area (Å²) in [6.45, 7) is 4.16. The normalized spacial score (nSPS) is 11.0. The highest BCUT2D eigenvalue weighted by molar-refractivity contribution is 7.98. The molecule has 1 aromatic carbocycles. The first kappa shape index (κ1) is 19.8. The van der Waals surface area contributed by atoms with Crippen molar-refractivity contribution >= 4 is 28.7 Å². The van der Waals surface area contributed by atoms with Crippen LogP contribution in [0.3, 0.4) is 0 Å². The van der Waals surface area contributed by atoms with Crippen molar-refractivity contribution in [1.29, 1.82) is 0 Å². The van der Waals surface area contributed by atoms with E-state index in [0.717, 1.165) is 11.3 Å². The zero-order valence-corrected chi connectivity index (χ0v) is 16.7. The summed E-state index contributed by atoms with van der Waals surface area (Å²) in [6, 6.07) is 7.51. The maximum Gasteiger partial charge on any atom is 0.264 e. The molecule has 0 aliphatic heterocycles. The van der Waals surface area contributed by atoms with Gasteiger partial charge < -0.3 is 10.1 Å². The molecule has 0 aliphatic rings. The summed E-state index contributed by atoms with van der Waals surface area (Å²) < 4.78 is 6.84. The predicted octanol–water partition coefficient (Wildman–Crippen LogP) is 2.01. The van der Waals surface area contributed by atoms with Gasteiger partial charge in [-0.05, 0) is 37.8 Å². The number of carbonyl (C=O) groups excluding carboxylic acids is 1. The molecule has 2 aromatic heterocycles. The van der Waals surface area contributed by atoms with Gasteiger partial charge in [-0.2, -0.15) is 0 Å². The molecule has 0 spiro atoms. The Morgan fingerprint density at radius 1 is 1.25 bits per heavy atom. The van der Waals surface area contributed by atoms with Gasteiger partial charge in [-0.25, -0.2) is 15.0 Å². The molecule has 0 atom stereocenters. The third kappa shape index (κ3) is 4.86. The molecule has 0 radical (unpaired) electrons. The van der Waals surface area contributed by atoms with E-state index in [9.17, 15) is 9.59 Å². The molecule has 1 N–H and O–H groups in total. The zero-order chi connectivity index (χ0) is 20.1. The van der Waals surface area contributed by atoms with Gasteiger partial charge in [-0.15, -0.1) is 0 Å². The topological polar surface area (TPSA) is 99.0 Å². The van der Waals surface area contributed by atoms with E-state index in [4.69, 9.17) is 4.74 Å². The lowest BCUT2D eigenvalue weighted by molar-refractivity contribution is -0.121. The maximum absolute atomic E-state index is 12.5. The van der Waals surface area contributed by atoms with Crippen LogP contribution in [-0.4, -0.2) is 37.8 Å². The lowest BCUT2D eigenvalue weighted by atomic mass is 10.2. The van der Waals surface area contributed by atoms with Crippen LogP contribution in [0.15, 0.2) is 46.7 Å². The number of rotatable bonds is 7. The Balaban J connectivity index is 1.63. The molecular weight excluding hydrogens is 378 g/mol. The van der Waals surface area contributed by atoms with Crippen molar-refractivity contribution in [2.75, 3.05) is 6.26 Å². The van der Waals surface area contributed by atoms with Gasteiger partial charge in [0.15, 0.2) is 10.8 Å². The average molecular weight is 399 g/mol. The van der Waals surface area contributed by atoms with E-state index in [2.05, 4.69) is 20.3 Å². The Morgan fingerprint density at radius 2 is 2.00 bits per heavy atom. The van der Waals surface area contributed by atoms with Crippen LogP contribution in [-0.2, 0) is 17.9 Å². The predicted molar refractivity (Wildman–Crippen MR) is 107 cm³/mol. The van der Waals surface area contributed by atoms with Crippen LogP contribution in [0, 0.1) is 0 Å². The molecule has 146 valence electrons. The van der Waals surface area contributed by atoms with Crippen molar-refractivity contribution < 1.29 is 9.53 Å². The Bertz CT molecular complexity index is 1030. The van der Waals surface area contributed by atoms with E-state index in [1.165, 1.54) is 28.9 Å². The minimum atomic E-state index is -0.344. The van der Waals surface area contributed by atoms with Crippen molar-refractivity contribution in [2.24, 2.45) is 0 Å². The fraction of sp³-hybridized carbons (Fsp3) is 0.316. The molecule has 1 amide bonds. The molecule has 3 aromatic rings. The molecule has 0 aliphatic carbocycles. The summed E-state index contributed by atoms with van der Waals surface area (Å²) in [5, 5.41) is 3.63. The fourth-order valence-corrected chi connectivity index (χ4v) is 2.85. The molecule has 0 saturated heterocycles. The number of ether oxygens (including phenoxy) is 1. The third-order valence-corrected chi connectivity index (χ3v) is 4.40. The highest BCUT2D eigenvalue weighted by Gasteiger charge is 2.10. The third-order valence-electron chi connectivity index (χ3n) is 3.84. The molecule has 9 heteroatoms. The number of benzene rings is 1. The van der Waals surface area contributed by atoms with Gasteiger partial charge >= 0.3 is 0 Å². The molecule has 28 heavy (non-hydrogen) atoms. The van der Waals surface area contributed by atoms with E-state index in [1.54, 1.807) is 0 Å². The highest BCUT2D eigenvalue weighted by Crippen LogP contribution is 2.14. The maximum atomic E-state index is 12.5. The van der Waals surface area contributed by atoms with Gasteiger partial charge in [0.25, 0.3) is 5.56 Å². The second-order valence-electron chi connectivity index (χ2n) is 6.36. The summed E-state index contributed by atoms with van der Waals surface area (Å²) in [5.41, 5.74) is 0.916. The number of amides is 1. The van der Waals surface area contributed by atoms with Crippen LogP contribution < -0.4 is 15.6 Å². The first-order valence-corrected chi connectivity index (χ1v) is 9.97. The molecule has 0 unspecified atom stereocenters. The van der Waals surface area contributed by atoms with Crippen LogP contribution in [0.5, 0.6) is 5.75 Å². The van der Waals surface area contributed by atoms with Gasteiger partial charge in [0.2, 0.25) is 5.91 Å². The van der Waals surface area contributed by atoms with Crippen molar-refractivity contribution in [3.63, 3.8) is 0 Å². The van der Waals surface area contributed by atoms with E-state index in [0.29, 0.717) is 17.3 Å². The summed E-state index contributed by atoms with van der Waals surface area (Å²) in [5.74, 6) is 0.498. The lowest BCUT2D eigenvalue weighted by Gasteiger charge is -2.11. The van der Waals surface area contributed by atoms with Crippen LogP contribution in [0.1, 0.15) is 19.4 Å². The van der Waals surface area contributed by atoms with E-state index in [-0.39, 0.29) is 29.5 Å². The summed E-state index contributed by atoms with van der Waals surface area (Å²) in [6.07, 6.45) is 4.73. The molecular formula is C19H21N5O3S. The quantitative estimate of drug-likeness (QED) is 0.479. The van der Waals surface area contributed by atoms with Crippen molar-refractivity contribution in [3.8, 4) is 5.75 Å². The smallest absolute Gasteiger partial charge is 0.264 e. The monoisotopic (exact) mass is 399 g/mol. The van der Waals surface area contributed by atoms with Crippen LogP contribution in [0.4, 0.5) is 0 Å². The molecule has 3 rings (SSSR count). The van der Waals surface area contributed by atoms with Crippen LogP contribution in [0.2, 0.25) is 0 Å². The fourth-order valence-electron chi connectivity index (χ4n) is 2.52. The largest absolute Gasteiger partial charge is 0.491 e. The average Bonchev–Trinajstić information content (AvgIpc) is 2.69. The minimum Gasteiger partial charge on any atom is -0.491 e. The first-order valence-electron chi connectivity index (χ1n) is 8.74. The number of thioether (sulfide) groups is 1. The van der Waals surface area contributed by atoms with Crippen LogP contribution >= 0.6 is 11.8 Å². The van der Waals surface area contributed by atoms with Gasteiger partial charge in [-0.1, -0.05) is 23.9 Å². The summed E-state index contributed by atoms with van der Waals surface area (Å²) >= 11 is 1.37. The number of nitrogens with one attached hydrogen (secondary N) is 1. The Kier molecular flexibility index (Phi) is 6.25. The molecule has 2 heterocycles. The number of nitrogens with zero attached hydrogens (tertiary/aromatic N) is 4. The number of carbonyl (C=O) groups is 1. The minimum absolute atomic E-state index is 0.108. The van der Waals surface area contributed by atoms with E-state index < -0.39 is 0 Å². The van der Waals surface area contributed by atoms with E-state index >= 15 is 0 Å². The Labute approximate surface area is 166 Å². The van der Waals surface area contributed by atoms with Crippen LogP contribution in [0.25, 0.3) is 11.0 Å². The summed E-state index contributed by atoms with van der Waals surface area (Å²) in [7, 11) is 0. The Morgan fingerprint density at radius 3 is 2.68 bits per heavy atom. The SMILES string of the molecule is CSc1ncc2c(=O)n(CC(=O)NCc3ccc(OC(C)C)cc3)cnc2n1. The van der Waals surface area contributed by atoms with Crippen molar-refractivity contribution in [3.05, 3.63) is 52.7 Å². The Hall–Kier alpha value is -2.94. The molecule has 0 fully saturated rings. The van der Waals surface area contributed by atoms with Gasteiger partial charge in [0, 0.05) is 12.7 Å². The molecule has 0 bridgehead atoms. The number of hydrogen-bond acceptors (Lipinski definition) is 7. The number of aromatic nitrogens is 4. The number of fused-ring (bicyclic) bond motifs is 1. The molecule has 8 nitrogen and oxygen atoms in total. The van der Waals surface area contributed by atoms with Crippen molar-refractivity contribution in [1.82, 2.24) is 24.8 Å². The zero-order valence-electron chi connectivity index (χ0n) is 15.9. The lowest BCUT2D eigenvalue weighted by Crippen LogP contribution is -2.32. The van der Waals surface area contributed by atoms with E-state index in [1.807, 2.05) is 44.4 Å². The molecule has 0 saturated carbocycles. The first-order chi connectivity index (χ1) is 13.5. The van der Waals surface area contributed by atoms with Crippen molar-refractivity contribution in [2.45, 2.75) is 38.2 Å². The number of hydrogen-bond donors (Lipinski definition) is 1. The van der Waals surface area contributed by atoms with Gasteiger partial charge in [0.1, 0.15) is 24.0 Å². The second-order valence-corrected chi connectivity index (χ2v) is 7.13. The second kappa shape index (κ2) is 8.83.